The van der Waals surface area contributed by atoms with Crippen LogP contribution in [0.3, 0.4) is 0 Å². The maximum Gasteiger partial charge on any atom is 0.274 e. The van der Waals surface area contributed by atoms with E-state index in [1.54, 1.807) is 10.8 Å². The molecule has 1 N–H and O–H groups in total. The van der Waals surface area contributed by atoms with Crippen LogP contribution in [0.1, 0.15) is 6.92 Å². The number of rotatable bonds is 7. The molecule has 0 bridgehead atoms. The van der Waals surface area contributed by atoms with E-state index in [1.807, 2.05) is 73.7 Å². The molecular weight excluding hydrogens is 368 g/mol. The number of benzene rings is 2. The normalized spacial score (nSPS) is 10.7. The van der Waals surface area contributed by atoms with Gasteiger partial charge in [-0.2, -0.15) is 4.98 Å². The predicted octanol–water partition coefficient (Wildman–Crippen LogP) is 4.24. The Labute approximate surface area is 167 Å². The molecular formula is C22H20N4O3. The van der Waals surface area contributed by atoms with Crippen LogP contribution in [0.25, 0.3) is 23.0 Å². The van der Waals surface area contributed by atoms with Gasteiger partial charge in [-0.25, -0.2) is 0 Å². The number of hydrogen-bond acceptors (Lipinski definition) is 5. The Morgan fingerprint density at radius 1 is 1.07 bits per heavy atom. The summed E-state index contributed by atoms with van der Waals surface area (Å²) in [6.07, 6.45) is 1.81. The molecule has 0 saturated carbocycles. The minimum absolute atomic E-state index is 0.124. The number of amides is 1. The van der Waals surface area contributed by atoms with E-state index in [0.29, 0.717) is 29.7 Å². The summed E-state index contributed by atoms with van der Waals surface area (Å²) in [5.41, 5.74) is 2.26. The summed E-state index contributed by atoms with van der Waals surface area (Å²) in [6, 6.07) is 20.5. The minimum Gasteiger partial charge on any atom is -0.494 e. The summed E-state index contributed by atoms with van der Waals surface area (Å²) in [4.78, 5) is 16.9. The van der Waals surface area contributed by atoms with Crippen molar-refractivity contribution in [2.75, 3.05) is 11.9 Å². The first-order valence-electron chi connectivity index (χ1n) is 9.30. The predicted molar refractivity (Wildman–Crippen MR) is 109 cm³/mol. The number of aromatic nitrogens is 3. The molecule has 4 aromatic rings. The fourth-order valence-electron chi connectivity index (χ4n) is 2.93. The SMILES string of the molecule is CCOc1ccc(NC(=O)Cn2cccc2-c2nc(-c3ccccc3)no2)cc1. The quantitative estimate of drug-likeness (QED) is 0.512. The zero-order valence-electron chi connectivity index (χ0n) is 15.9. The Hall–Kier alpha value is -3.87. The average Bonchev–Trinajstić information content (AvgIpc) is 3.40. The zero-order valence-corrected chi connectivity index (χ0v) is 15.9. The Morgan fingerprint density at radius 2 is 1.86 bits per heavy atom. The third kappa shape index (κ3) is 4.35. The van der Waals surface area contributed by atoms with Crippen molar-refractivity contribution < 1.29 is 14.1 Å². The molecule has 7 heteroatoms. The molecule has 0 aliphatic carbocycles. The van der Waals surface area contributed by atoms with Gasteiger partial charge in [0, 0.05) is 17.4 Å². The maximum absolute atomic E-state index is 12.5. The number of carbonyl (C=O) groups is 1. The van der Waals surface area contributed by atoms with Crippen molar-refractivity contribution in [3.8, 4) is 28.7 Å². The molecule has 7 nitrogen and oxygen atoms in total. The number of anilines is 1. The van der Waals surface area contributed by atoms with Crippen molar-refractivity contribution >= 4 is 11.6 Å². The van der Waals surface area contributed by atoms with Gasteiger partial charge in [-0.05, 0) is 43.3 Å². The summed E-state index contributed by atoms with van der Waals surface area (Å²) >= 11 is 0. The number of carbonyl (C=O) groups excluding carboxylic acids is 1. The molecule has 2 aromatic carbocycles. The van der Waals surface area contributed by atoms with E-state index >= 15 is 0 Å². The number of nitrogens with one attached hydrogen (secondary N) is 1. The molecule has 0 aliphatic heterocycles. The van der Waals surface area contributed by atoms with E-state index in [2.05, 4.69) is 15.5 Å². The van der Waals surface area contributed by atoms with Crippen molar-refractivity contribution in [1.82, 2.24) is 14.7 Å². The Balaban J connectivity index is 1.45. The Kier molecular flexibility index (Phi) is 5.38. The fourth-order valence-corrected chi connectivity index (χ4v) is 2.93. The Bertz CT molecular complexity index is 1080. The van der Waals surface area contributed by atoms with Crippen LogP contribution in [0.2, 0.25) is 0 Å². The molecule has 0 aliphatic rings. The minimum atomic E-state index is -0.158. The lowest BCUT2D eigenvalue weighted by Gasteiger charge is -2.09. The molecule has 0 spiro atoms. The van der Waals surface area contributed by atoms with E-state index in [9.17, 15) is 4.79 Å². The van der Waals surface area contributed by atoms with Gasteiger partial charge in [0.05, 0.1) is 6.61 Å². The van der Waals surface area contributed by atoms with Crippen molar-refractivity contribution in [3.63, 3.8) is 0 Å². The summed E-state index contributed by atoms with van der Waals surface area (Å²) < 4.78 is 12.6. The lowest BCUT2D eigenvalue weighted by atomic mass is 10.2. The van der Waals surface area contributed by atoms with Crippen LogP contribution in [0.4, 0.5) is 5.69 Å². The standard InChI is InChI=1S/C22H20N4O3/c1-2-28-18-12-10-17(11-13-18)23-20(27)15-26-14-6-9-19(26)22-24-21(25-29-22)16-7-4-3-5-8-16/h3-14H,2,15H2,1H3,(H,23,27). The lowest BCUT2D eigenvalue weighted by molar-refractivity contribution is -0.116. The largest absolute Gasteiger partial charge is 0.494 e. The van der Waals surface area contributed by atoms with Crippen LogP contribution in [-0.4, -0.2) is 27.2 Å². The van der Waals surface area contributed by atoms with Gasteiger partial charge >= 0.3 is 0 Å². The first-order valence-corrected chi connectivity index (χ1v) is 9.30. The van der Waals surface area contributed by atoms with Gasteiger partial charge in [-0.15, -0.1) is 0 Å². The molecule has 4 rings (SSSR count). The number of hydrogen-bond donors (Lipinski definition) is 1. The molecule has 0 atom stereocenters. The summed E-state index contributed by atoms with van der Waals surface area (Å²) in [6.45, 7) is 2.65. The molecule has 2 aromatic heterocycles. The molecule has 0 radical (unpaired) electrons. The van der Waals surface area contributed by atoms with Crippen LogP contribution < -0.4 is 10.1 Å². The second kappa shape index (κ2) is 8.43. The highest BCUT2D eigenvalue weighted by Crippen LogP contribution is 2.23. The lowest BCUT2D eigenvalue weighted by Crippen LogP contribution is -2.18. The zero-order chi connectivity index (χ0) is 20.1. The van der Waals surface area contributed by atoms with Crippen LogP contribution in [0.15, 0.2) is 77.4 Å². The molecule has 29 heavy (non-hydrogen) atoms. The third-order valence-corrected chi connectivity index (χ3v) is 4.27. The van der Waals surface area contributed by atoms with Crippen molar-refractivity contribution in [3.05, 3.63) is 72.9 Å². The molecule has 0 fully saturated rings. The molecule has 0 unspecified atom stereocenters. The van der Waals surface area contributed by atoms with Gasteiger partial charge in [0.15, 0.2) is 0 Å². The first kappa shape index (κ1) is 18.5. The van der Waals surface area contributed by atoms with Crippen molar-refractivity contribution in [2.45, 2.75) is 13.5 Å². The summed E-state index contributed by atoms with van der Waals surface area (Å²) in [5, 5.41) is 6.92. The van der Waals surface area contributed by atoms with Gasteiger partial charge in [-0.3, -0.25) is 4.79 Å². The molecule has 0 saturated heterocycles. The monoisotopic (exact) mass is 388 g/mol. The van der Waals surface area contributed by atoms with Gasteiger partial charge in [0.25, 0.3) is 5.89 Å². The van der Waals surface area contributed by atoms with Crippen molar-refractivity contribution in [2.24, 2.45) is 0 Å². The summed E-state index contributed by atoms with van der Waals surface area (Å²) in [5.74, 6) is 1.48. The molecule has 1 amide bonds. The second-order valence-corrected chi connectivity index (χ2v) is 6.32. The Morgan fingerprint density at radius 3 is 2.62 bits per heavy atom. The van der Waals surface area contributed by atoms with Crippen LogP contribution in [0, 0.1) is 0 Å². The summed E-state index contributed by atoms with van der Waals surface area (Å²) in [7, 11) is 0. The molecule has 2 heterocycles. The first-order chi connectivity index (χ1) is 14.2. The smallest absolute Gasteiger partial charge is 0.274 e. The third-order valence-electron chi connectivity index (χ3n) is 4.27. The average molecular weight is 388 g/mol. The highest BCUT2D eigenvalue weighted by molar-refractivity contribution is 5.90. The van der Waals surface area contributed by atoms with Gasteiger partial charge in [-0.1, -0.05) is 35.5 Å². The van der Waals surface area contributed by atoms with Crippen LogP contribution in [-0.2, 0) is 11.3 Å². The van der Waals surface area contributed by atoms with E-state index in [-0.39, 0.29) is 12.5 Å². The van der Waals surface area contributed by atoms with Gasteiger partial charge in [0.2, 0.25) is 11.7 Å². The maximum atomic E-state index is 12.5. The van der Waals surface area contributed by atoms with E-state index in [1.165, 1.54) is 0 Å². The van der Waals surface area contributed by atoms with E-state index < -0.39 is 0 Å². The van der Waals surface area contributed by atoms with Gasteiger partial charge in [0.1, 0.15) is 18.0 Å². The van der Waals surface area contributed by atoms with Gasteiger partial charge < -0.3 is 19.1 Å². The topological polar surface area (TPSA) is 82.2 Å². The second-order valence-electron chi connectivity index (χ2n) is 6.32. The fraction of sp³-hybridized carbons (Fsp3) is 0.136. The van der Waals surface area contributed by atoms with Crippen LogP contribution >= 0.6 is 0 Å². The van der Waals surface area contributed by atoms with Crippen molar-refractivity contribution in [1.29, 1.82) is 0 Å². The van der Waals surface area contributed by atoms with E-state index in [4.69, 9.17) is 9.26 Å². The number of nitrogens with zero attached hydrogens (tertiary/aromatic N) is 3. The highest BCUT2D eigenvalue weighted by Gasteiger charge is 2.15. The van der Waals surface area contributed by atoms with E-state index in [0.717, 1.165) is 11.3 Å². The van der Waals surface area contributed by atoms with Crippen LogP contribution in [0.5, 0.6) is 5.75 Å². The highest BCUT2D eigenvalue weighted by atomic mass is 16.5. The molecule has 146 valence electrons. The number of ether oxygens (including phenoxy) is 1.